The van der Waals surface area contributed by atoms with Gasteiger partial charge in [-0.05, 0) is 31.2 Å². The van der Waals surface area contributed by atoms with E-state index in [1.807, 2.05) is 24.3 Å². The van der Waals surface area contributed by atoms with Crippen molar-refractivity contribution < 1.29 is 9.53 Å². The first-order chi connectivity index (χ1) is 9.19. The highest BCUT2D eigenvalue weighted by molar-refractivity contribution is 5.94. The van der Waals surface area contributed by atoms with Crippen molar-refractivity contribution in [3.63, 3.8) is 0 Å². The molecular weight excluding hydrogens is 240 g/mol. The van der Waals surface area contributed by atoms with E-state index in [4.69, 9.17) is 4.74 Å². The molecular formula is C15H22N2O2. The summed E-state index contributed by atoms with van der Waals surface area (Å²) >= 11 is 0. The van der Waals surface area contributed by atoms with Gasteiger partial charge in [0.1, 0.15) is 0 Å². The van der Waals surface area contributed by atoms with Crippen molar-refractivity contribution in [3.8, 4) is 0 Å². The number of hydrogen-bond donors (Lipinski definition) is 1. The molecule has 1 saturated heterocycles. The number of amides is 1. The van der Waals surface area contributed by atoms with Crippen LogP contribution >= 0.6 is 0 Å². The Hall–Kier alpha value is -1.39. The van der Waals surface area contributed by atoms with Crippen molar-refractivity contribution in [2.75, 3.05) is 33.3 Å². The predicted octanol–water partition coefficient (Wildman–Crippen LogP) is 1.31. The fourth-order valence-electron chi connectivity index (χ4n) is 2.23. The highest BCUT2D eigenvalue weighted by atomic mass is 16.5. The van der Waals surface area contributed by atoms with Crippen LogP contribution in [0.2, 0.25) is 0 Å². The van der Waals surface area contributed by atoms with Gasteiger partial charge >= 0.3 is 0 Å². The molecule has 0 spiro atoms. The maximum absolute atomic E-state index is 12.1. The first-order valence-electron chi connectivity index (χ1n) is 6.86. The van der Waals surface area contributed by atoms with Crippen molar-refractivity contribution in [2.45, 2.75) is 19.4 Å². The highest BCUT2D eigenvalue weighted by Gasteiger charge is 2.18. The van der Waals surface area contributed by atoms with E-state index >= 15 is 0 Å². The second kappa shape index (κ2) is 6.68. The van der Waals surface area contributed by atoms with Gasteiger partial charge in [0, 0.05) is 25.2 Å². The Labute approximate surface area is 114 Å². The number of aryl methyl sites for hydroxylation is 1. The number of morpholine rings is 1. The Morgan fingerprint density at radius 3 is 3.11 bits per heavy atom. The van der Waals surface area contributed by atoms with E-state index in [-0.39, 0.29) is 12.0 Å². The summed E-state index contributed by atoms with van der Waals surface area (Å²) in [5.41, 5.74) is 1.91. The van der Waals surface area contributed by atoms with Gasteiger partial charge in [0.25, 0.3) is 5.91 Å². The van der Waals surface area contributed by atoms with Crippen molar-refractivity contribution in [1.82, 2.24) is 10.2 Å². The largest absolute Gasteiger partial charge is 0.374 e. The molecule has 0 radical (unpaired) electrons. The van der Waals surface area contributed by atoms with Crippen LogP contribution in [0.1, 0.15) is 22.8 Å². The van der Waals surface area contributed by atoms with Crippen LogP contribution in [-0.2, 0) is 11.2 Å². The maximum Gasteiger partial charge on any atom is 0.251 e. The smallest absolute Gasteiger partial charge is 0.251 e. The van der Waals surface area contributed by atoms with Crippen LogP contribution in [0.3, 0.4) is 0 Å². The Morgan fingerprint density at radius 1 is 1.53 bits per heavy atom. The van der Waals surface area contributed by atoms with Crippen molar-refractivity contribution in [3.05, 3.63) is 35.4 Å². The molecule has 1 atom stereocenters. The summed E-state index contributed by atoms with van der Waals surface area (Å²) in [6, 6.07) is 7.76. The normalized spacial score (nSPS) is 20.2. The molecule has 1 N–H and O–H groups in total. The molecule has 1 unspecified atom stereocenters. The molecule has 19 heavy (non-hydrogen) atoms. The summed E-state index contributed by atoms with van der Waals surface area (Å²) in [5.74, 6) is -0.0212. The number of likely N-dealkylation sites (N-methyl/N-ethyl adjacent to an activating group) is 1. The van der Waals surface area contributed by atoms with Gasteiger partial charge in [-0.25, -0.2) is 0 Å². The van der Waals surface area contributed by atoms with E-state index in [0.717, 1.165) is 31.7 Å². The van der Waals surface area contributed by atoms with Gasteiger partial charge < -0.3 is 15.0 Å². The molecule has 1 aliphatic heterocycles. The SMILES string of the molecule is CCc1cccc(C(=O)NCC2CN(C)CCO2)c1. The number of ether oxygens (including phenoxy) is 1. The first kappa shape index (κ1) is 14.0. The van der Waals surface area contributed by atoms with Gasteiger partial charge in [-0.1, -0.05) is 19.1 Å². The topological polar surface area (TPSA) is 41.6 Å². The predicted molar refractivity (Wildman–Crippen MR) is 75.4 cm³/mol. The lowest BCUT2D eigenvalue weighted by molar-refractivity contribution is -0.0175. The summed E-state index contributed by atoms with van der Waals surface area (Å²) in [4.78, 5) is 14.3. The van der Waals surface area contributed by atoms with E-state index in [9.17, 15) is 4.79 Å². The molecule has 1 aromatic carbocycles. The average Bonchev–Trinajstić information content (AvgIpc) is 2.45. The lowest BCUT2D eigenvalue weighted by Crippen LogP contribution is -2.45. The average molecular weight is 262 g/mol. The Bertz CT molecular complexity index is 434. The third-order valence-electron chi connectivity index (χ3n) is 3.43. The minimum atomic E-state index is -0.0212. The lowest BCUT2D eigenvalue weighted by atomic mass is 10.1. The van der Waals surface area contributed by atoms with Crippen molar-refractivity contribution >= 4 is 5.91 Å². The summed E-state index contributed by atoms with van der Waals surface area (Å²) in [5, 5.41) is 2.95. The minimum Gasteiger partial charge on any atom is -0.374 e. The Kier molecular flexibility index (Phi) is 4.93. The van der Waals surface area contributed by atoms with Crippen LogP contribution in [0, 0.1) is 0 Å². The number of carbonyl (C=O) groups excluding carboxylic acids is 1. The zero-order chi connectivity index (χ0) is 13.7. The fraction of sp³-hybridized carbons (Fsp3) is 0.533. The third kappa shape index (κ3) is 4.04. The standard InChI is InChI=1S/C15H22N2O2/c1-3-12-5-4-6-13(9-12)15(18)16-10-14-11-17(2)7-8-19-14/h4-6,9,14H,3,7-8,10-11H2,1-2H3,(H,16,18). The second-order valence-electron chi connectivity index (χ2n) is 5.02. The molecule has 0 saturated carbocycles. The monoisotopic (exact) mass is 262 g/mol. The molecule has 0 aliphatic carbocycles. The Balaban J connectivity index is 1.86. The molecule has 1 aliphatic rings. The van der Waals surface area contributed by atoms with Crippen LogP contribution in [0.25, 0.3) is 0 Å². The zero-order valence-electron chi connectivity index (χ0n) is 11.7. The summed E-state index contributed by atoms with van der Waals surface area (Å²) in [6.07, 6.45) is 1.04. The van der Waals surface area contributed by atoms with Crippen LogP contribution in [0.5, 0.6) is 0 Å². The minimum absolute atomic E-state index is 0.0212. The van der Waals surface area contributed by atoms with Crippen LogP contribution in [0.4, 0.5) is 0 Å². The second-order valence-corrected chi connectivity index (χ2v) is 5.02. The number of nitrogens with one attached hydrogen (secondary N) is 1. The zero-order valence-corrected chi connectivity index (χ0v) is 11.7. The van der Waals surface area contributed by atoms with Crippen molar-refractivity contribution in [2.24, 2.45) is 0 Å². The van der Waals surface area contributed by atoms with Gasteiger partial charge in [0.2, 0.25) is 0 Å². The third-order valence-corrected chi connectivity index (χ3v) is 3.43. The molecule has 2 rings (SSSR count). The summed E-state index contributed by atoms with van der Waals surface area (Å²) < 4.78 is 5.62. The summed E-state index contributed by atoms with van der Waals surface area (Å²) in [6.45, 7) is 5.23. The van der Waals surface area contributed by atoms with Gasteiger partial charge in [-0.3, -0.25) is 4.79 Å². The molecule has 4 heteroatoms. The molecule has 1 amide bonds. The number of carbonyl (C=O) groups is 1. The quantitative estimate of drug-likeness (QED) is 0.889. The molecule has 1 heterocycles. The summed E-state index contributed by atoms with van der Waals surface area (Å²) in [7, 11) is 2.07. The molecule has 1 aromatic rings. The number of rotatable bonds is 4. The fourth-order valence-corrected chi connectivity index (χ4v) is 2.23. The first-order valence-corrected chi connectivity index (χ1v) is 6.86. The molecule has 1 fully saturated rings. The van der Waals surface area contributed by atoms with Crippen LogP contribution in [0.15, 0.2) is 24.3 Å². The lowest BCUT2D eigenvalue weighted by Gasteiger charge is -2.30. The maximum atomic E-state index is 12.1. The van der Waals surface area contributed by atoms with E-state index in [0.29, 0.717) is 6.54 Å². The van der Waals surface area contributed by atoms with E-state index in [2.05, 4.69) is 24.2 Å². The number of hydrogen-bond acceptors (Lipinski definition) is 3. The van der Waals surface area contributed by atoms with Crippen LogP contribution < -0.4 is 5.32 Å². The highest BCUT2D eigenvalue weighted by Crippen LogP contribution is 2.06. The Morgan fingerprint density at radius 2 is 2.37 bits per heavy atom. The number of nitrogens with zero attached hydrogens (tertiary/aromatic N) is 1. The van der Waals surface area contributed by atoms with Gasteiger partial charge in [0.15, 0.2) is 0 Å². The van der Waals surface area contributed by atoms with Crippen molar-refractivity contribution in [1.29, 1.82) is 0 Å². The number of benzene rings is 1. The van der Waals surface area contributed by atoms with E-state index < -0.39 is 0 Å². The molecule has 4 nitrogen and oxygen atoms in total. The van der Waals surface area contributed by atoms with Crippen LogP contribution in [-0.4, -0.2) is 50.2 Å². The van der Waals surface area contributed by atoms with E-state index in [1.165, 1.54) is 5.56 Å². The molecule has 104 valence electrons. The van der Waals surface area contributed by atoms with E-state index in [1.54, 1.807) is 0 Å². The van der Waals surface area contributed by atoms with Gasteiger partial charge in [0.05, 0.1) is 12.7 Å². The van der Waals surface area contributed by atoms with Gasteiger partial charge in [-0.15, -0.1) is 0 Å². The molecule has 0 bridgehead atoms. The molecule has 0 aromatic heterocycles. The van der Waals surface area contributed by atoms with Gasteiger partial charge in [-0.2, -0.15) is 0 Å².